The number of hydrogen-bond donors (Lipinski definition) is 0. The van der Waals surface area contributed by atoms with Gasteiger partial charge in [-0.1, -0.05) is 18.2 Å². The molecule has 0 spiro atoms. The summed E-state index contributed by atoms with van der Waals surface area (Å²) in [4.78, 5) is 24.8. The third kappa shape index (κ3) is 5.76. The highest BCUT2D eigenvalue weighted by Crippen LogP contribution is 2.28. The molecule has 0 amide bonds. The van der Waals surface area contributed by atoms with Gasteiger partial charge in [-0.25, -0.2) is 4.79 Å². The molecule has 3 rings (SSSR count). The van der Waals surface area contributed by atoms with Crippen molar-refractivity contribution in [2.45, 2.75) is 6.92 Å². The molecule has 0 N–H and O–H groups in total. The number of allylic oxidation sites excluding steroid dienone is 1. The van der Waals surface area contributed by atoms with Crippen LogP contribution in [0, 0.1) is 0 Å². The molecule has 6 nitrogen and oxygen atoms in total. The molecule has 3 aromatic carbocycles. The van der Waals surface area contributed by atoms with Gasteiger partial charge in [-0.2, -0.15) is 0 Å². The number of methoxy groups -OCH3 is 2. The summed E-state index contributed by atoms with van der Waals surface area (Å²) in [6.45, 7) is 2.53. The van der Waals surface area contributed by atoms with E-state index in [-0.39, 0.29) is 5.78 Å². The van der Waals surface area contributed by atoms with E-state index in [0.717, 1.165) is 11.3 Å². The molecular weight excluding hydrogens is 408 g/mol. The highest BCUT2D eigenvalue weighted by molar-refractivity contribution is 6.06. The zero-order valence-electron chi connectivity index (χ0n) is 18.2. The van der Waals surface area contributed by atoms with Gasteiger partial charge < -0.3 is 18.9 Å². The lowest BCUT2D eigenvalue weighted by molar-refractivity contribution is 0.0734. The highest BCUT2D eigenvalue weighted by atomic mass is 16.5. The molecule has 0 fully saturated rings. The topological polar surface area (TPSA) is 71.1 Å². The fourth-order valence-electron chi connectivity index (χ4n) is 2.93. The summed E-state index contributed by atoms with van der Waals surface area (Å²) < 4.78 is 21.2. The van der Waals surface area contributed by atoms with Crippen LogP contribution in [0.2, 0.25) is 0 Å². The van der Waals surface area contributed by atoms with Crippen LogP contribution in [0.1, 0.15) is 33.2 Å². The zero-order valence-corrected chi connectivity index (χ0v) is 18.2. The van der Waals surface area contributed by atoms with Gasteiger partial charge in [-0.3, -0.25) is 4.79 Å². The number of ether oxygens (including phenoxy) is 4. The van der Waals surface area contributed by atoms with Crippen LogP contribution in [0.5, 0.6) is 23.0 Å². The molecule has 0 aromatic heterocycles. The van der Waals surface area contributed by atoms with Gasteiger partial charge in [0.25, 0.3) is 0 Å². The predicted molar refractivity (Wildman–Crippen MR) is 122 cm³/mol. The van der Waals surface area contributed by atoms with Crippen LogP contribution >= 0.6 is 0 Å². The fourth-order valence-corrected chi connectivity index (χ4v) is 2.93. The van der Waals surface area contributed by atoms with Gasteiger partial charge in [0.15, 0.2) is 17.3 Å². The van der Waals surface area contributed by atoms with Crippen LogP contribution in [-0.4, -0.2) is 32.6 Å². The van der Waals surface area contributed by atoms with Gasteiger partial charge in [-0.15, -0.1) is 0 Å². The van der Waals surface area contributed by atoms with Gasteiger partial charge in [0.05, 0.1) is 26.4 Å². The quantitative estimate of drug-likeness (QED) is 0.200. The van der Waals surface area contributed by atoms with Crippen molar-refractivity contribution in [2.75, 3.05) is 20.8 Å². The van der Waals surface area contributed by atoms with Crippen molar-refractivity contribution in [1.82, 2.24) is 0 Å². The summed E-state index contributed by atoms with van der Waals surface area (Å²) in [5.41, 5.74) is 1.70. The summed E-state index contributed by atoms with van der Waals surface area (Å²) in [6, 6.07) is 18.6. The van der Waals surface area contributed by atoms with Crippen LogP contribution in [0.15, 0.2) is 72.8 Å². The Labute approximate surface area is 187 Å². The Kier molecular flexibility index (Phi) is 7.65. The lowest BCUT2D eigenvalue weighted by atomic mass is 10.1. The molecule has 0 saturated carbocycles. The maximum atomic E-state index is 12.4. The minimum atomic E-state index is -0.541. The molecule has 0 unspecified atom stereocenters. The minimum Gasteiger partial charge on any atom is -0.494 e. The van der Waals surface area contributed by atoms with E-state index in [1.54, 1.807) is 48.5 Å². The number of carbonyl (C=O) groups is 2. The van der Waals surface area contributed by atoms with E-state index in [1.165, 1.54) is 20.3 Å². The van der Waals surface area contributed by atoms with Crippen molar-refractivity contribution in [3.05, 3.63) is 89.5 Å². The fraction of sp³-hybridized carbons (Fsp3) is 0.154. The molecule has 0 aliphatic heterocycles. The largest absolute Gasteiger partial charge is 0.494 e. The standard InChI is InChI=1S/C26H24O6/c1-4-31-21-11-5-18(6-12-21)7-15-23(27)19-8-13-22(14-9-19)32-26(28)20-10-16-24(29-2)25(17-20)30-3/h5-17H,4H2,1-3H3. The number of ketones is 1. The molecule has 0 aliphatic rings. The Hall–Kier alpha value is -4.06. The van der Waals surface area contributed by atoms with Gasteiger partial charge in [0.1, 0.15) is 11.5 Å². The van der Waals surface area contributed by atoms with Gasteiger partial charge in [0, 0.05) is 5.56 Å². The van der Waals surface area contributed by atoms with Gasteiger partial charge in [-0.05, 0) is 73.2 Å². The second-order valence-corrected chi connectivity index (χ2v) is 6.68. The predicted octanol–water partition coefficient (Wildman–Crippen LogP) is 5.22. The third-order valence-corrected chi connectivity index (χ3v) is 4.59. The van der Waals surface area contributed by atoms with E-state index in [0.29, 0.717) is 35.0 Å². The first-order valence-corrected chi connectivity index (χ1v) is 10.0. The average molecular weight is 432 g/mol. The molecule has 3 aromatic rings. The Balaban J connectivity index is 1.63. The first-order chi connectivity index (χ1) is 15.5. The normalized spacial score (nSPS) is 10.6. The zero-order chi connectivity index (χ0) is 22.9. The average Bonchev–Trinajstić information content (AvgIpc) is 2.83. The minimum absolute atomic E-state index is 0.156. The Morgan fingerprint density at radius 2 is 1.41 bits per heavy atom. The SMILES string of the molecule is CCOc1ccc(C=CC(=O)c2ccc(OC(=O)c3ccc(OC)c(OC)c3)cc2)cc1. The van der Waals surface area contributed by atoms with Gasteiger partial charge >= 0.3 is 5.97 Å². The molecule has 0 heterocycles. The van der Waals surface area contributed by atoms with Crippen molar-refractivity contribution in [3.8, 4) is 23.0 Å². The molecule has 0 saturated heterocycles. The summed E-state index contributed by atoms with van der Waals surface area (Å²) in [5, 5.41) is 0. The summed E-state index contributed by atoms with van der Waals surface area (Å²) in [5.74, 6) is 1.37. The Morgan fingerprint density at radius 1 is 0.781 bits per heavy atom. The number of carbonyl (C=O) groups excluding carboxylic acids is 2. The van der Waals surface area contributed by atoms with E-state index < -0.39 is 5.97 Å². The monoisotopic (exact) mass is 432 g/mol. The Morgan fingerprint density at radius 3 is 2.03 bits per heavy atom. The molecule has 164 valence electrons. The molecular formula is C26H24O6. The lowest BCUT2D eigenvalue weighted by Gasteiger charge is -2.09. The van der Waals surface area contributed by atoms with E-state index in [2.05, 4.69) is 0 Å². The van der Waals surface area contributed by atoms with E-state index >= 15 is 0 Å². The summed E-state index contributed by atoms with van der Waals surface area (Å²) >= 11 is 0. The van der Waals surface area contributed by atoms with E-state index in [4.69, 9.17) is 18.9 Å². The van der Waals surface area contributed by atoms with Crippen LogP contribution in [0.25, 0.3) is 6.08 Å². The van der Waals surface area contributed by atoms with Crippen LogP contribution in [-0.2, 0) is 0 Å². The summed E-state index contributed by atoms with van der Waals surface area (Å²) in [6.07, 6.45) is 3.24. The number of rotatable bonds is 9. The first kappa shape index (κ1) is 22.6. The van der Waals surface area contributed by atoms with Crippen molar-refractivity contribution in [2.24, 2.45) is 0 Å². The van der Waals surface area contributed by atoms with Crippen molar-refractivity contribution >= 4 is 17.8 Å². The van der Waals surface area contributed by atoms with Gasteiger partial charge in [0.2, 0.25) is 0 Å². The van der Waals surface area contributed by atoms with Crippen LogP contribution < -0.4 is 18.9 Å². The van der Waals surface area contributed by atoms with E-state index in [1.807, 2.05) is 31.2 Å². The maximum Gasteiger partial charge on any atom is 0.343 e. The van der Waals surface area contributed by atoms with Crippen molar-refractivity contribution in [3.63, 3.8) is 0 Å². The number of esters is 1. The lowest BCUT2D eigenvalue weighted by Crippen LogP contribution is -2.09. The number of hydrogen-bond acceptors (Lipinski definition) is 6. The molecule has 0 radical (unpaired) electrons. The molecule has 0 atom stereocenters. The third-order valence-electron chi connectivity index (χ3n) is 4.59. The second-order valence-electron chi connectivity index (χ2n) is 6.68. The molecule has 0 bridgehead atoms. The number of benzene rings is 3. The van der Waals surface area contributed by atoms with Crippen LogP contribution in [0.3, 0.4) is 0 Å². The second kappa shape index (κ2) is 10.8. The molecule has 0 aliphatic carbocycles. The van der Waals surface area contributed by atoms with Crippen molar-refractivity contribution < 1.29 is 28.5 Å². The molecule has 32 heavy (non-hydrogen) atoms. The smallest absolute Gasteiger partial charge is 0.343 e. The van der Waals surface area contributed by atoms with Crippen LogP contribution in [0.4, 0.5) is 0 Å². The van der Waals surface area contributed by atoms with E-state index in [9.17, 15) is 9.59 Å². The van der Waals surface area contributed by atoms with Crippen molar-refractivity contribution in [1.29, 1.82) is 0 Å². The summed E-state index contributed by atoms with van der Waals surface area (Å²) in [7, 11) is 3.01. The maximum absolute atomic E-state index is 12.4. The highest BCUT2D eigenvalue weighted by Gasteiger charge is 2.13. The molecule has 6 heteroatoms. The first-order valence-electron chi connectivity index (χ1n) is 10.0. The Bertz CT molecular complexity index is 1100.